The molecule has 0 amide bonds. The van der Waals surface area contributed by atoms with Crippen molar-refractivity contribution in [3.8, 4) is 0 Å². The predicted octanol–water partition coefficient (Wildman–Crippen LogP) is -9.75. The molecule has 264 valence electrons. The Balaban J connectivity index is 1.43. The van der Waals surface area contributed by atoms with Crippen molar-refractivity contribution in [2.24, 2.45) is 0 Å². The molecular weight excluding hydrogens is 624 g/mol. The molecule has 21 heteroatoms. The molecular formula is C24H42O21. The average molecular weight is 667 g/mol. The van der Waals surface area contributed by atoms with Crippen LogP contribution in [0, 0.1) is 0 Å². The van der Waals surface area contributed by atoms with Crippen LogP contribution in [0.15, 0.2) is 0 Å². The highest BCUT2D eigenvalue weighted by atomic mass is 16.8. The minimum atomic E-state index is -2.02. The summed E-state index contributed by atoms with van der Waals surface area (Å²) in [6.07, 6.45) is -35.3. The third kappa shape index (κ3) is 7.44. The van der Waals surface area contributed by atoms with Crippen LogP contribution in [0.2, 0.25) is 0 Å². The van der Waals surface area contributed by atoms with Gasteiger partial charge in [0, 0.05) is 0 Å². The van der Waals surface area contributed by atoms with Gasteiger partial charge in [0.2, 0.25) is 0 Å². The molecule has 4 fully saturated rings. The standard InChI is InChI=1S/C24H42O21/c25-1-5-9(29)10(30)15(35)22(40-5)44-19-7(3-27)42-24(17(37)12(19)32)45-20-8(4-28)41-23(16(36)13(20)33)43-18-6(2-26)39-21(38)14(34)11(18)31/h5-38H,1-4H2/t5-,6-,7-,8-,9-,10+,11-,12-,13-,14-,15-,16-,17-,18-,19-,20-,21?,22+,23-,24+/m0/s1. The van der Waals surface area contributed by atoms with E-state index in [1.165, 1.54) is 0 Å². The van der Waals surface area contributed by atoms with Crippen LogP contribution in [0.4, 0.5) is 0 Å². The van der Waals surface area contributed by atoms with E-state index in [4.69, 9.17) is 33.2 Å². The molecule has 0 saturated carbocycles. The fourth-order valence-corrected chi connectivity index (χ4v) is 5.55. The first-order chi connectivity index (χ1) is 21.3. The minimum absolute atomic E-state index is 0.784. The molecule has 4 rings (SSSR count). The van der Waals surface area contributed by atoms with Crippen molar-refractivity contribution in [1.82, 2.24) is 0 Å². The molecule has 0 aromatic heterocycles. The zero-order chi connectivity index (χ0) is 33.3. The van der Waals surface area contributed by atoms with E-state index in [0.717, 1.165) is 0 Å². The lowest BCUT2D eigenvalue weighted by Crippen LogP contribution is -2.67. The van der Waals surface area contributed by atoms with Crippen LogP contribution in [0.1, 0.15) is 0 Å². The molecule has 14 N–H and O–H groups in total. The summed E-state index contributed by atoms with van der Waals surface area (Å²) >= 11 is 0. The Kier molecular flexibility index (Phi) is 12.8. The fourth-order valence-electron chi connectivity index (χ4n) is 5.55. The summed E-state index contributed by atoms with van der Waals surface area (Å²) in [5.41, 5.74) is 0. The summed E-state index contributed by atoms with van der Waals surface area (Å²) in [5.74, 6) is 0. The molecule has 0 aromatic rings. The largest absolute Gasteiger partial charge is 0.394 e. The van der Waals surface area contributed by atoms with Gasteiger partial charge in [0.15, 0.2) is 25.2 Å². The van der Waals surface area contributed by atoms with Gasteiger partial charge in [-0.2, -0.15) is 0 Å². The molecule has 0 spiro atoms. The van der Waals surface area contributed by atoms with E-state index >= 15 is 0 Å². The van der Waals surface area contributed by atoms with E-state index in [9.17, 15) is 71.5 Å². The van der Waals surface area contributed by atoms with Gasteiger partial charge in [0.1, 0.15) is 97.7 Å². The van der Waals surface area contributed by atoms with Gasteiger partial charge < -0.3 is 105 Å². The Bertz CT molecular complexity index is 910. The predicted molar refractivity (Wildman–Crippen MR) is 134 cm³/mol. The topological polar surface area (TPSA) is 348 Å². The van der Waals surface area contributed by atoms with Gasteiger partial charge in [0.25, 0.3) is 0 Å². The second-order valence-corrected chi connectivity index (χ2v) is 11.1. The highest BCUT2D eigenvalue weighted by molar-refractivity contribution is 4.97. The first-order valence-corrected chi connectivity index (χ1v) is 14.1. The van der Waals surface area contributed by atoms with E-state index in [1.54, 1.807) is 0 Å². The summed E-state index contributed by atoms with van der Waals surface area (Å²) in [7, 11) is 0. The summed E-state index contributed by atoms with van der Waals surface area (Å²) in [4.78, 5) is 0. The van der Waals surface area contributed by atoms with E-state index in [-0.39, 0.29) is 0 Å². The number of hydrogen-bond donors (Lipinski definition) is 14. The molecule has 0 radical (unpaired) electrons. The van der Waals surface area contributed by atoms with Gasteiger partial charge in [0.05, 0.1) is 26.4 Å². The lowest BCUT2D eigenvalue weighted by molar-refractivity contribution is -0.387. The first-order valence-electron chi connectivity index (χ1n) is 14.1. The molecule has 4 aliphatic heterocycles. The highest BCUT2D eigenvalue weighted by Gasteiger charge is 2.55. The quantitative estimate of drug-likeness (QED) is 0.103. The Morgan fingerprint density at radius 3 is 1.02 bits per heavy atom. The van der Waals surface area contributed by atoms with Crippen LogP contribution in [-0.4, -0.2) is 221 Å². The molecule has 0 aromatic carbocycles. The molecule has 0 bridgehead atoms. The maximum atomic E-state index is 10.9. The number of rotatable bonds is 10. The zero-order valence-corrected chi connectivity index (χ0v) is 23.5. The number of aliphatic hydroxyl groups is 14. The van der Waals surface area contributed by atoms with Gasteiger partial charge >= 0.3 is 0 Å². The minimum Gasteiger partial charge on any atom is -0.394 e. The highest BCUT2D eigenvalue weighted by Crippen LogP contribution is 2.34. The van der Waals surface area contributed by atoms with Crippen molar-refractivity contribution >= 4 is 0 Å². The number of hydrogen-bond acceptors (Lipinski definition) is 21. The van der Waals surface area contributed by atoms with E-state index in [1.807, 2.05) is 0 Å². The molecule has 1 unspecified atom stereocenters. The molecule has 4 aliphatic rings. The molecule has 45 heavy (non-hydrogen) atoms. The SMILES string of the molecule is OC[C@@H]1O[C@H](O[C@@H]2[C@@H](O)[C@H](O)[C@@H](O[C@@H]3[C@@H](O)[C@H](O)[C@H](O[C@@H]4[C@@H](O)[C@H](O)C(O)O[C@H]4CO)O[C@H]3CO)O[C@H]2CO)[C@@H](O)[C@H](O)[C@H]1O. The average Bonchev–Trinajstić information content (AvgIpc) is 3.03. The Labute approximate surface area is 254 Å². The van der Waals surface area contributed by atoms with Crippen molar-refractivity contribution in [1.29, 1.82) is 0 Å². The van der Waals surface area contributed by atoms with Crippen molar-refractivity contribution in [2.45, 2.75) is 123 Å². The van der Waals surface area contributed by atoms with Crippen LogP contribution in [0.25, 0.3) is 0 Å². The smallest absolute Gasteiger partial charge is 0.187 e. The maximum Gasteiger partial charge on any atom is 0.187 e. The summed E-state index contributed by atoms with van der Waals surface area (Å²) in [6.45, 7) is -3.39. The lowest BCUT2D eigenvalue weighted by atomic mass is 9.95. The van der Waals surface area contributed by atoms with Crippen LogP contribution in [-0.2, 0) is 33.2 Å². The molecule has 20 atom stereocenters. The first kappa shape index (κ1) is 37.0. The second kappa shape index (κ2) is 15.6. The maximum absolute atomic E-state index is 10.9. The number of ether oxygens (including phenoxy) is 7. The van der Waals surface area contributed by atoms with Crippen LogP contribution in [0.3, 0.4) is 0 Å². The Morgan fingerprint density at radius 2 is 0.644 bits per heavy atom. The molecule has 4 saturated heterocycles. The summed E-state index contributed by atoms with van der Waals surface area (Å²) in [6, 6.07) is 0. The van der Waals surface area contributed by atoms with E-state index in [0.29, 0.717) is 0 Å². The van der Waals surface area contributed by atoms with E-state index in [2.05, 4.69) is 0 Å². The summed E-state index contributed by atoms with van der Waals surface area (Å²) < 4.78 is 37.7. The van der Waals surface area contributed by atoms with Crippen LogP contribution < -0.4 is 0 Å². The van der Waals surface area contributed by atoms with Crippen molar-refractivity contribution in [3.63, 3.8) is 0 Å². The van der Waals surface area contributed by atoms with Crippen LogP contribution >= 0.6 is 0 Å². The summed E-state index contributed by atoms with van der Waals surface area (Å²) in [5, 5.41) is 142. The normalized spacial score (nSPS) is 52.9. The molecule has 0 aliphatic carbocycles. The third-order valence-electron chi connectivity index (χ3n) is 8.20. The monoisotopic (exact) mass is 666 g/mol. The van der Waals surface area contributed by atoms with Crippen molar-refractivity contribution in [2.75, 3.05) is 26.4 Å². The fraction of sp³-hybridized carbons (Fsp3) is 1.00. The Morgan fingerprint density at radius 1 is 0.333 bits per heavy atom. The van der Waals surface area contributed by atoms with Gasteiger partial charge in [-0.05, 0) is 0 Å². The Hall–Kier alpha value is -0.840. The van der Waals surface area contributed by atoms with Gasteiger partial charge in [-0.25, -0.2) is 0 Å². The van der Waals surface area contributed by atoms with Crippen molar-refractivity contribution < 1.29 is 105 Å². The molecule has 4 heterocycles. The van der Waals surface area contributed by atoms with E-state index < -0.39 is 149 Å². The van der Waals surface area contributed by atoms with Gasteiger partial charge in [-0.3, -0.25) is 0 Å². The third-order valence-corrected chi connectivity index (χ3v) is 8.20. The van der Waals surface area contributed by atoms with Crippen LogP contribution in [0.5, 0.6) is 0 Å². The van der Waals surface area contributed by atoms with Crippen molar-refractivity contribution in [3.05, 3.63) is 0 Å². The number of aliphatic hydroxyl groups excluding tert-OH is 14. The van der Waals surface area contributed by atoms with Gasteiger partial charge in [-0.15, -0.1) is 0 Å². The zero-order valence-electron chi connectivity index (χ0n) is 23.5. The second-order valence-electron chi connectivity index (χ2n) is 11.1. The molecule has 21 nitrogen and oxygen atoms in total. The lowest BCUT2D eigenvalue weighted by Gasteiger charge is -2.49. The van der Waals surface area contributed by atoms with Gasteiger partial charge in [-0.1, -0.05) is 0 Å².